The second-order valence-electron chi connectivity index (χ2n) is 3.78. The van der Waals surface area contributed by atoms with Gasteiger partial charge in [0.1, 0.15) is 0 Å². The van der Waals surface area contributed by atoms with Crippen LogP contribution in [-0.2, 0) is 19.1 Å². The molecule has 110 valence electrons. The Kier molecular flexibility index (Phi) is 9.69. The Labute approximate surface area is 125 Å². The molecule has 0 amide bonds. The average Bonchev–Trinajstić information content (AvgIpc) is 2.42. The summed E-state index contributed by atoms with van der Waals surface area (Å²) in [6.45, 7) is 7.94. The van der Waals surface area contributed by atoms with Crippen LogP contribution in [0.4, 0.5) is 0 Å². The van der Waals surface area contributed by atoms with Crippen molar-refractivity contribution in [3.05, 3.63) is 37.0 Å². The zero-order valence-corrected chi connectivity index (χ0v) is 12.4. The summed E-state index contributed by atoms with van der Waals surface area (Å²) in [5, 5.41) is 0. The van der Waals surface area contributed by atoms with E-state index in [1.54, 1.807) is 12.2 Å². The molecule has 0 unspecified atom stereocenters. The number of carbonyl (C=O) groups excluding carboxylic acids is 2. The minimum Gasteiger partial charge on any atom is -0.454 e. The molecule has 0 N–H and O–H groups in total. The highest BCUT2D eigenvalue weighted by Gasteiger charge is 2.21. The summed E-state index contributed by atoms with van der Waals surface area (Å²) in [4.78, 5) is 22.1. The lowest BCUT2D eigenvalue weighted by Crippen LogP contribution is -2.31. The molecule has 0 aromatic rings. The average molecular weight is 286 g/mol. The van der Waals surface area contributed by atoms with Crippen LogP contribution in [0.15, 0.2) is 37.0 Å². The van der Waals surface area contributed by atoms with Crippen molar-refractivity contribution in [2.45, 2.75) is 33.0 Å². The largest absolute Gasteiger partial charge is 0.454 e. The molecule has 0 bridgehead atoms. The van der Waals surface area contributed by atoms with Crippen LogP contribution in [0.1, 0.15) is 20.8 Å². The molecule has 2 atom stereocenters. The van der Waals surface area contributed by atoms with Crippen molar-refractivity contribution in [1.82, 2.24) is 0 Å². The fraction of sp³-hybridized carbons (Fsp3) is 0.294. The van der Waals surface area contributed by atoms with Crippen LogP contribution in [-0.4, -0.2) is 24.1 Å². The van der Waals surface area contributed by atoms with Crippen LogP contribution in [0, 0.1) is 23.7 Å². The first kappa shape index (κ1) is 18.3. The highest BCUT2D eigenvalue weighted by atomic mass is 16.6. The molecule has 0 rings (SSSR count). The number of esters is 2. The maximum absolute atomic E-state index is 11.1. The van der Waals surface area contributed by atoms with E-state index >= 15 is 0 Å². The second-order valence-corrected chi connectivity index (χ2v) is 3.78. The van der Waals surface area contributed by atoms with E-state index < -0.39 is 24.1 Å². The van der Waals surface area contributed by atoms with E-state index in [2.05, 4.69) is 30.3 Å². The molecule has 0 aromatic carbocycles. The fourth-order valence-electron chi connectivity index (χ4n) is 1.23. The van der Waals surface area contributed by atoms with Gasteiger partial charge in [0.05, 0.1) is 0 Å². The standard InChI is InChI=1S/C17H18O4/c1-5-7-8-9-10-11-12-13-17(21-15(4)19)16(6-2)20-14(3)18/h5-7,12-13,16-17H,2H2,1,3-4H3/b7-5+,13-12+/t16-,17+/m1/s1. The number of hydrogen-bond donors (Lipinski definition) is 0. The molecule has 0 spiro atoms. The molecule has 0 aromatic heterocycles. The van der Waals surface area contributed by atoms with Crippen LogP contribution < -0.4 is 0 Å². The van der Waals surface area contributed by atoms with Gasteiger partial charge in [0.15, 0.2) is 12.2 Å². The van der Waals surface area contributed by atoms with Gasteiger partial charge < -0.3 is 9.47 Å². The Balaban J connectivity index is 4.91. The molecule has 21 heavy (non-hydrogen) atoms. The molecule has 0 radical (unpaired) electrons. The van der Waals surface area contributed by atoms with Crippen LogP contribution in [0.5, 0.6) is 0 Å². The van der Waals surface area contributed by atoms with E-state index in [-0.39, 0.29) is 0 Å². The van der Waals surface area contributed by atoms with Crippen LogP contribution in [0.25, 0.3) is 0 Å². The van der Waals surface area contributed by atoms with E-state index in [1.165, 1.54) is 32.1 Å². The van der Waals surface area contributed by atoms with E-state index in [0.717, 1.165) is 0 Å². The molecule has 0 aliphatic rings. The fourth-order valence-corrected chi connectivity index (χ4v) is 1.23. The molecule has 0 saturated heterocycles. The maximum Gasteiger partial charge on any atom is 0.303 e. The van der Waals surface area contributed by atoms with Gasteiger partial charge in [-0.2, -0.15) is 0 Å². The van der Waals surface area contributed by atoms with Crippen molar-refractivity contribution in [2.24, 2.45) is 0 Å². The third-order valence-electron chi connectivity index (χ3n) is 1.99. The van der Waals surface area contributed by atoms with Crippen molar-refractivity contribution in [3.8, 4) is 23.7 Å². The Bertz CT molecular complexity index is 547. The number of hydrogen-bond acceptors (Lipinski definition) is 4. The van der Waals surface area contributed by atoms with Crippen molar-refractivity contribution in [3.63, 3.8) is 0 Å². The normalized spacial score (nSPS) is 12.5. The predicted molar refractivity (Wildman–Crippen MR) is 80.8 cm³/mol. The number of allylic oxidation sites excluding steroid dienone is 3. The summed E-state index contributed by atoms with van der Waals surface area (Å²) >= 11 is 0. The van der Waals surface area contributed by atoms with Gasteiger partial charge >= 0.3 is 11.9 Å². The number of ether oxygens (including phenoxy) is 2. The van der Waals surface area contributed by atoms with Gasteiger partial charge in [-0.25, -0.2) is 0 Å². The van der Waals surface area contributed by atoms with Gasteiger partial charge in [0.2, 0.25) is 0 Å². The van der Waals surface area contributed by atoms with E-state index in [4.69, 9.17) is 9.47 Å². The third-order valence-corrected chi connectivity index (χ3v) is 1.99. The summed E-state index contributed by atoms with van der Waals surface area (Å²) < 4.78 is 10.1. The smallest absolute Gasteiger partial charge is 0.303 e. The van der Waals surface area contributed by atoms with Crippen molar-refractivity contribution in [2.75, 3.05) is 0 Å². The minimum absolute atomic E-state index is 0.492. The van der Waals surface area contributed by atoms with Gasteiger partial charge in [-0.3, -0.25) is 9.59 Å². The Morgan fingerprint density at radius 2 is 1.52 bits per heavy atom. The molecule has 0 fully saturated rings. The first-order valence-corrected chi connectivity index (χ1v) is 6.27. The van der Waals surface area contributed by atoms with E-state index in [9.17, 15) is 9.59 Å². The van der Waals surface area contributed by atoms with Gasteiger partial charge in [-0.1, -0.05) is 24.5 Å². The molecular weight excluding hydrogens is 268 g/mol. The van der Waals surface area contributed by atoms with Crippen molar-refractivity contribution >= 4 is 11.9 Å². The summed E-state index contributed by atoms with van der Waals surface area (Å²) in [5.41, 5.74) is 0. The number of carbonyl (C=O) groups is 2. The first-order chi connectivity index (χ1) is 10.0. The molecule has 0 heterocycles. The topological polar surface area (TPSA) is 52.6 Å². The maximum atomic E-state index is 11.1. The molecule has 4 nitrogen and oxygen atoms in total. The zero-order chi connectivity index (χ0) is 16.1. The third kappa shape index (κ3) is 9.81. The lowest BCUT2D eigenvalue weighted by molar-refractivity contribution is -0.158. The van der Waals surface area contributed by atoms with Gasteiger partial charge in [0, 0.05) is 13.8 Å². The first-order valence-electron chi connectivity index (χ1n) is 6.27. The Morgan fingerprint density at radius 1 is 1.00 bits per heavy atom. The van der Waals surface area contributed by atoms with Crippen LogP contribution in [0.3, 0.4) is 0 Å². The Morgan fingerprint density at radius 3 is 2.00 bits per heavy atom. The zero-order valence-electron chi connectivity index (χ0n) is 12.4. The lowest BCUT2D eigenvalue weighted by Gasteiger charge is -2.20. The van der Waals surface area contributed by atoms with Crippen LogP contribution in [0.2, 0.25) is 0 Å². The molecular formula is C17H18O4. The van der Waals surface area contributed by atoms with Gasteiger partial charge in [0.25, 0.3) is 0 Å². The summed E-state index contributed by atoms with van der Waals surface area (Å²) in [6, 6.07) is 0. The number of rotatable bonds is 5. The van der Waals surface area contributed by atoms with Gasteiger partial charge in [-0.15, -0.1) is 0 Å². The molecule has 0 aliphatic carbocycles. The van der Waals surface area contributed by atoms with E-state index in [1.807, 2.05) is 6.92 Å². The molecule has 0 saturated carbocycles. The second kappa shape index (κ2) is 11.1. The minimum atomic E-state index is -0.776. The highest BCUT2D eigenvalue weighted by Crippen LogP contribution is 2.08. The SMILES string of the molecule is C=C[C@@H](OC(C)=O)[C@H](/C=C/C#CC#C/C=C/C)OC(C)=O. The lowest BCUT2D eigenvalue weighted by atomic mass is 10.2. The van der Waals surface area contributed by atoms with E-state index in [0.29, 0.717) is 0 Å². The van der Waals surface area contributed by atoms with Crippen LogP contribution >= 0.6 is 0 Å². The monoisotopic (exact) mass is 286 g/mol. The van der Waals surface area contributed by atoms with Gasteiger partial charge in [-0.05, 0) is 43.1 Å². The van der Waals surface area contributed by atoms with Crippen molar-refractivity contribution < 1.29 is 19.1 Å². The van der Waals surface area contributed by atoms with Crippen molar-refractivity contribution in [1.29, 1.82) is 0 Å². The summed E-state index contributed by atoms with van der Waals surface area (Å²) in [7, 11) is 0. The molecule has 4 heteroatoms. The highest BCUT2D eigenvalue weighted by molar-refractivity contribution is 5.67. The summed E-state index contributed by atoms with van der Waals surface area (Å²) in [6.07, 6.45) is 6.32. The predicted octanol–water partition coefficient (Wildman–Crippen LogP) is 2.17. The Hall–Kier alpha value is -2.72. The molecule has 0 aliphatic heterocycles. The summed E-state index contributed by atoms with van der Waals surface area (Å²) in [5.74, 6) is 9.61. The quantitative estimate of drug-likeness (QED) is 0.441.